The van der Waals surface area contributed by atoms with Gasteiger partial charge < -0.3 is 15.2 Å². The Hall–Kier alpha value is -2.71. The van der Waals surface area contributed by atoms with E-state index in [4.69, 9.17) is 4.74 Å². The molecule has 8 heteroatoms. The molecule has 6 nitrogen and oxygen atoms in total. The SMILES string of the molecule is COC(=O)C(CNC(=O)c1cnc(-c2cccs2)s1)Cc1ccc(O)cc1. The highest BCUT2D eigenvalue weighted by Crippen LogP contribution is 2.28. The Kier molecular flexibility index (Phi) is 6.20. The molecule has 0 fully saturated rings. The van der Waals surface area contributed by atoms with Gasteiger partial charge in [0.2, 0.25) is 0 Å². The van der Waals surface area contributed by atoms with Gasteiger partial charge in [-0.1, -0.05) is 18.2 Å². The molecule has 27 heavy (non-hydrogen) atoms. The van der Waals surface area contributed by atoms with E-state index in [0.717, 1.165) is 15.4 Å². The molecule has 0 spiro atoms. The van der Waals surface area contributed by atoms with E-state index in [-0.39, 0.29) is 18.2 Å². The van der Waals surface area contributed by atoms with Crippen LogP contribution in [0.4, 0.5) is 0 Å². The molecule has 0 saturated carbocycles. The Morgan fingerprint density at radius 1 is 1.26 bits per heavy atom. The number of methoxy groups -OCH3 is 1. The highest BCUT2D eigenvalue weighted by Gasteiger charge is 2.22. The molecular formula is C19H18N2O4S2. The molecule has 0 radical (unpaired) electrons. The molecule has 2 aromatic heterocycles. The number of phenols is 1. The number of phenolic OH excluding ortho intramolecular Hbond substituents is 1. The number of benzene rings is 1. The summed E-state index contributed by atoms with van der Waals surface area (Å²) in [7, 11) is 1.32. The summed E-state index contributed by atoms with van der Waals surface area (Å²) >= 11 is 2.88. The molecule has 0 aliphatic heterocycles. The highest BCUT2D eigenvalue weighted by molar-refractivity contribution is 7.21. The third-order valence-corrected chi connectivity index (χ3v) is 5.96. The minimum Gasteiger partial charge on any atom is -0.508 e. The van der Waals surface area contributed by atoms with Gasteiger partial charge in [0.05, 0.1) is 24.1 Å². The Bertz CT molecular complexity index is 904. The predicted octanol–water partition coefficient (Wildman–Crippen LogP) is 3.34. The van der Waals surface area contributed by atoms with Gasteiger partial charge in [-0.3, -0.25) is 9.59 Å². The van der Waals surface area contributed by atoms with Gasteiger partial charge in [0, 0.05) is 6.54 Å². The lowest BCUT2D eigenvalue weighted by molar-refractivity contribution is -0.145. The van der Waals surface area contributed by atoms with Crippen LogP contribution in [0.15, 0.2) is 48.0 Å². The third kappa shape index (κ3) is 4.93. The van der Waals surface area contributed by atoms with Crippen molar-refractivity contribution in [3.8, 4) is 15.6 Å². The van der Waals surface area contributed by atoms with Crippen LogP contribution in [0.5, 0.6) is 5.75 Å². The number of rotatable bonds is 7. The molecular weight excluding hydrogens is 384 g/mol. The van der Waals surface area contributed by atoms with Gasteiger partial charge in [-0.25, -0.2) is 4.98 Å². The normalized spacial score (nSPS) is 11.7. The number of carbonyl (C=O) groups excluding carboxylic acids is 2. The zero-order chi connectivity index (χ0) is 19.2. The lowest BCUT2D eigenvalue weighted by Gasteiger charge is -2.15. The quantitative estimate of drug-likeness (QED) is 0.592. The number of thiazole rings is 1. The molecule has 1 aromatic carbocycles. The average Bonchev–Trinajstić information content (AvgIpc) is 3.37. The summed E-state index contributed by atoms with van der Waals surface area (Å²) in [6.07, 6.45) is 1.94. The number of esters is 1. The molecule has 0 aliphatic carbocycles. The number of amides is 1. The lowest BCUT2D eigenvalue weighted by atomic mass is 9.99. The number of ether oxygens (including phenoxy) is 1. The molecule has 2 heterocycles. The third-order valence-electron chi connectivity index (χ3n) is 3.92. The number of aromatic hydroxyl groups is 1. The van der Waals surface area contributed by atoms with Gasteiger partial charge in [0.1, 0.15) is 15.6 Å². The molecule has 2 N–H and O–H groups in total. The van der Waals surface area contributed by atoms with Crippen LogP contribution in [0.1, 0.15) is 15.2 Å². The van der Waals surface area contributed by atoms with Crippen LogP contribution in [0.3, 0.4) is 0 Å². The number of hydrogen-bond donors (Lipinski definition) is 2. The summed E-state index contributed by atoms with van der Waals surface area (Å²) in [6.45, 7) is 0.151. The van der Waals surface area contributed by atoms with Gasteiger partial charge in [0.15, 0.2) is 0 Å². The van der Waals surface area contributed by atoms with Crippen molar-refractivity contribution >= 4 is 34.6 Å². The monoisotopic (exact) mass is 402 g/mol. The number of hydrogen-bond acceptors (Lipinski definition) is 7. The van der Waals surface area contributed by atoms with Crippen LogP contribution in [0, 0.1) is 5.92 Å². The summed E-state index contributed by atoms with van der Waals surface area (Å²) in [5.41, 5.74) is 0.871. The summed E-state index contributed by atoms with van der Waals surface area (Å²) < 4.78 is 4.85. The van der Waals surface area contributed by atoms with Crippen molar-refractivity contribution < 1.29 is 19.4 Å². The standard InChI is InChI=1S/C19H18N2O4S2/c1-25-19(24)13(9-12-4-6-14(22)7-5-12)10-20-17(23)16-11-21-18(27-16)15-3-2-8-26-15/h2-8,11,13,22H,9-10H2,1H3,(H,20,23). The van der Waals surface area contributed by atoms with E-state index in [1.165, 1.54) is 18.4 Å². The van der Waals surface area contributed by atoms with Crippen molar-refractivity contribution in [3.63, 3.8) is 0 Å². The second-order valence-corrected chi connectivity index (χ2v) is 7.79. The second kappa shape index (κ2) is 8.79. The fourth-order valence-corrected chi connectivity index (χ4v) is 4.15. The van der Waals surface area contributed by atoms with Crippen molar-refractivity contribution in [2.24, 2.45) is 5.92 Å². The molecule has 0 aliphatic rings. The van der Waals surface area contributed by atoms with Crippen LogP contribution in [-0.2, 0) is 16.0 Å². The minimum atomic E-state index is -0.520. The maximum atomic E-state index is 12.4. The summed E-state index contributed by atoms with van der Waals surface area (Å²) in [5.74, 6) is -1.02. The van der Waals surface area contributed by atoms with Crippen LogP contribution in [-0.4, -0.2) is 35.6 Å². The number of nitrogens with one attached hydrogen (secondary N) is 1. The van der Waals surface area contributed by atoms with Crippen molar-refractivity contribution in [1.82, 2.24) is 10.3 Å². The van der Waals surface area contributed by atoms with Gasteiger partial charge in [-0.05, 0) is 35.6 Å². The van der Waals surface area contributed by atoms with Crippen LogP contribution < -0.4 is 5.32 Å². The van der Waals surface area contributed by atoms with E-state index >= 15 is 0 Å². The van der Waals surface area contributed by atoms with Gasteiger partial charge >= 0.3 is 5.97 Å². The highest BCUT2D eigenvalue weighted by atomic mass is 32.1. The van der Waals surface area contributed by atoms with E-state index in [0.29, 0.717) is 11.3 Å². The largest absolute Gasteiger partial charge is 0.508 e. The first-order valence-electron chi connectivity index (χ1n) is 8.20. The van der Waals surface area contributed by atoms with E-state index < -0.39 is 11.9 Å². The zero-order valence-corrected chi connectivity index (χ0v) is 16.2. The van der Waals surface area contributed by atoms with Crippen molar-refractivity contribution in [2.75, 3.05) is 13.7 Å². The summed E-state index contributed by atoms with van der Waals surface area (Å²) in [5, 5.41) is 14.9. The Morgan fingerprint density at radius 3 is 2.70 bits per heavy atom. The molecule has 3 rings (SSSR count). The average molecular weight is 402 g/mol. The molecule has 3 aromatic rings. The maximum absolute atomic E-state index is 12.4. The van der Waals surface area contributed by atoms with Crippen molar-refractivity contribution in [1.29, 1.82) is 0 Å². The van der Waals surface area contributed by atoms with E-state index in [1.54, 1.807) is 41.8 Å². The Balaban J connectivity index is 1.63. The molecule has 1 amide bonds. The number of carbonyl (C=O) groups is 2. The second-order valence-electron chi connectivity index (χ2n) is 5.81. The smallest absolute Gasteiger partial charge is 0.310 e. The molecule has 140 valence electrons. The zero-order valence-electron chi connectivity index (χ0n) is 14.5. The molecule has 1 unspecified atom stereocenters. The summed E-state index contributed by atoms with van der Waals surface area (Å²) in [6, 6.07) is 10.5. The van der Waals surface area contributed by atoms with Crippen LogP contribution in [0.25, 0.3) is 9.88 Å². The van der Waals surface area contributed by atoms with Crippen LogP contribution >= 0.6 is 22.7 Å². The van der Waals surface area contributed by atoms with Gasteiger partial charge in [-0.15, -0.1) is 22.7 Å². The van der Waals surface area contributed by atoms with Crippen molar-refractivity contribution in [2.45, 2.75) is 6.42 Å². The fourth-order valence-electron chi connectivity index (χ4n) is 2.52. The Labute approximate surface area is 164 Å². The molecule has 0 bridgehead atoms. The lowest BCUT2D eigenvalue weighted by Crippen LogP contribution is -2.34. The number of thiophene rings is 1. The first-order chi connectivity index (χ1) is 13.1. The van der Waals surface area contributed by atoms with Gasteiger partial charge in [-0.2, -0.15) is 0 Å². The maximum Gasteiger partial charge on any atom is 0.310 e. The minimum absolute atomic E-state index is 0.151. The molecule has 1 atom stereocenters. The van der Waals surface area contributed by atoms with E-state index in [2.05, 4.69) is 10.3 Å². The first kappa shape index (κ1) is 19.1. The molecule has 0 saturated heterocycles. The fraction of sp³-hybridized carbons (Fsp3) is 0.211. The predicted molar refractivity (Wildman–Crippen MR) is 105 cm³/mol. The van der Waals surface area contributed by atoms with Crippen molar-refractivity contribution in [3.05, 3.63) is 58.4 Å². The number of nitrogens with zero attached hydrogens (tertiary/aromatic N) is 1. The Morgan fingerprint density at radius 2 is 2.04 bits per heavy atom. The van der Waals surface area contributed by atoms with Gasteiger partial charge in [0.25, 0.3) is 5.91 Å². The summed E-state index contributed by atoms with van der Waals surface area (Å²) in [4.78, 5) is 30.3. The van der Waals surface area contributed by atoms with E-state index in [1.807, 2.05) is 17.5 Å². The van der Waals surface area contributed by atoms with Crippen LogP contribution in [0.2, 0.25) is 0 Å². The number of aromatic nitrogens is 1. The topological polar surface area (TPSA) is 88.5 Å². The first-order valence-corrected chi connectivity index (χ1v) is 9.90. The van der Waals surface area contributed by atoms with E-state index in [9.17, 15) is 14.7 Å².